The molecule has 0 radical (unpaired) electrons. The van der Waals surface area contributed by atoms with Gasteiger partial charge in [0.05, 0.1) is 0 Å². The van der Waals surface area contributed by atoms with Crippen molar-refractivity contribution in [3.8, 4) is 0 Å². The molecule has 1 unspecified atom stereocenters. The van der Waals surface area contributed by atoms with E-state index < -0.39 is 0 Å². The quantitative estimate of drug-likeness (QED) is 0.607. The van der Waals surface area contributed by atoms with Crippen LogP contribution in [-0.4, -0.2) is 0 Å². The van der Waals surface area contributed by atoms with Crippen molar-refractivity contribution >= 4 is 0 Å². The zero-order chi connectivity index (χ0) is 9.26. The normalized spacial score (nSPS) is 21.2. The van der Waals surface area contributed by atoms with Gasteiger partial charge in [-0.1, -0.05) is 30.7 Å². The molecule has 0 heterocycles. The average Bonchev–Trinajstić information content (AvgIpc) is 2.17. The van der Waals surface area contributed by atoms with Crippen LogP contribution in [-0.2, 0) is 6.42 Å². The summed E-state index contributed by atoms with van der Waals surface area (Å²) in [6.45, 7) is 4.50. The van der Waals surface area contributed by atoms with Gasteiger partial charge in [0.2, 0.25) is 0 Å². The Hall–Kier alpha value is -0.780. The molecule has 0 nitrogen and oxygen atoms in total. The van der Waals surface area contributed by atoms with E-state index in [1.807, 2.05) is 0 Å². The van der Waals surface area contributed by atoms with E-state index in [2.05, 4.69) is 32.0 Å². The molecule has 0 heteroatoms. The monoisotopic (exact) mass is 174 g/mol. The molecule has 1 aliphatic carbocycles. The SMILES string of the molecule is CCC1CCCc2ccc(C)cc21. The summed E-state index contributed by atoms with van der Waals surface area (Å²) >= 11 is 0. The summed E-state index contributed by atoms with van der Waals surface area (Å²) in [5.74, 6) is 0.837. The van der Waals surface area contributed by atoms with Crippen LogP contribution in [0.5, 0.6) is 0 Å². The molecule has 0 bridgehead atoms. The maximum Gasteiger partial charge on any atom is -0.0162 e. The molecule has 0 aromatic heterocycles. The van der Waals surface area contributed by atoms with Crippen LogP contribution >= 0.6 is 0 Å². The third-order valence-corrected chi connectivity index (χ3v) is 3.23. The molecule has 0 fully saturated rings. The molecule has 0 N–H and O–H groups in total. The van der Waals surface area contributed by atoms with Gasteiger partial charge in [-0.2, -0.15) is 0 Å². The lowest BCUT2D eigenvalue weighted by Crippen LogP contribution is -2.09. The number of fused-ring (bicyclic) bond motifs is 1. The fraction of sp³-hybridized carbons (Fsp3) is 0.538. The lowest BCUT2D eigenvalue weighted by Gasteiger charge is -2.24. The van der Waals surface area contributed by atoms with E-state index in [0.29, 0.717) is 0 Å². The second-order valence-electron chi connectivity index (χ2n) is 4.20. The summed E-state index contributed by atoms with van der Waals surface area (Å²) in [6, 6.07) is 6.96. The lowest BCUT2D eigenvalue weighted by atomic mass is 9.81. The predicted molar refractivity (Wildman–Crippen MR) is 57.1 cm³/mol. The minimum atomic E-state index is 0.837. The van der Waals surface area contributed by atoms with E-state index in [0.717, 1.165) is 5.92 Å². The summed E-state index contributed by atoms with van der Waals surface area (Å²) in [5.41, 5.74) is 4.65. The average molecular weight is 174 g/mol. The maximum atomic E-state index is 2.39. The first-order valence-corrected chi connectivity index (χ1v) is 5.40. The van der Waals surface area contributed by atoms with Gasteiger partial charge in [0.25, 0.3) is 0 Å². The van der Waals surface area contributed by atoms with Crippen molar-refractivity contribution in [3.05, 3.63) is 34.9 Å². The standard InChI is InChI=1S/C13H18/c1-3-11-5-4-6-12-8-7-10(2)9-13(11)12/h7-9,11H,3-6H2,1-2H3. The van der Waals surface area contributed by atoms with E-state index in [-0.39, 0.29) is 0 Å². The van der Waals surface area contributed by atoms with Gasteiger partial charge in [0.15, 0.2) is 0 Å². The third-order valence-electron chi connectivity index (χ3n) is 3.23. The Labute approximate surface area is 81.0 Å². The fourth-order valence-corrected chi connectivity index (χ4v) is 2.44. The Morgan fingerprint density at radius 2 is 2.23 bits per heavy atom. The second kappa shape index (κ2) is 3.53. The largest absolute Gasteiger partial charge is 0.0648 e. The molecule has 1 aromatic carbocycles. The third kappa shape index (κ3) is 1.63. The molecule has 0 saturated heterocycles. The number of rotatable bonds is 1. The predicted octanol–water partition coefficient (Wildman–Crippen LogP) is 3.82. The van der Waals surface area contributed by atoms with E-state index in [1.54, 1.807) is 11.1 Å². The van der Waals surface area contributed by atoms with Crippen molar-refractivity contribution in [2.45, 2.75) is 45.4 Å². The molecule has 1 atom stereocenters. The number of aryl methyl sites for hydroxylation is 2. The Bertz CT molecular complexity index is 299. The highest BCUT2D eigenvalue weighted by Crippen LogP contribution is 2.34. The van der Waals surface area contributed by atoms with Gasteiger partial charge >= 0.3 is 0 Å². The van der Waals surface area contributed by atoms with Crippen LogP contribution in [0.3, 0.4) is 0 Å². The van der Waals surface area contributed by atoms with Crippen LogP contribution in [0, 0.1) is 6.92 Å². The molecule has 0 saturated carbocycles. The Morgan fingerprint density at radius 1 is 1.38 bits per heavy atom. The highest BCUT2D eigenvalue weighted by molar-refractivity contribution is 5.35. The molecule has 70 valence electrons. The highest BCUT2D eigenvalue weighted by Gasteiger charge is 2.17. The van der Waals surface area contributed by atoms with Gasteiger partial charge in [-0.05, 0) is 49.7 Å². The van der Waals surface area contributed by atoms with Crippen LogP contribution in [0.1, 0.15) is 48.8 Å². The molecule has 1 aromatic rings. The van der Waals surface area contributed by atoms with Crippen molar-refractivity contribution in [1.82, 2.24) is 0 Å². The van der Waals surface area contributed by atoms with Crippen molar-refractivity contribution in [2.24, 2.45) is 0 Å². The van der Waals surface area contributed by atoms with E-state index in [4.69, 9.17) is 0 Å². The molecule has 0 amide bonds. The van der Waals surface area contributed by atoms with Crippen molar-refractivity contribution in [3.63, 3.8) is 0 Å². The number of hydrogen-bond donors (Lipinski definition) is 0. The lowest BCUT2D eigenvalue weighted by molar-refractivity contribution is 0.539. The second-order valence-corrected chi connectivity index (χ2v) is 4.20. The van der Waals surface area contributed by atoms with Gasteiger partial charge in [-0.15, -0.1) is 0 Å². The van der Waals surface area contributed by atoms with Gasteiger partial charge < -0.3 is 0 Å². The first-order valence-electron chi connectivity index (χ1n) is 5.40. The fourth-order valence-electron chi connectivity index (χ4n) is 2.44. The van der Waals surface area contributed by atoms with Crippen LogP contribution in [0.15, 0.2) is 18.2 Å². The smallest absolute Gasteiger partial charge is 0.0162 e. The molecular weight excluding hydrogens is 156 g/mol. The van der Waals surface area contributed by atoms with Crippen molar-refractivity contribution in [2.75, 3.05) is 0 Å². The van der Waals surface area contributed by atoms with Gasteiger partial charge in [-0.3, -0.25) is 0 Å². The van der Waals surface area contributed by atoms with Crippen LogP contribution in [0.25, 0.3) is 0 Å². The molecule has 0 aliphatic heterocycles. The summed E-state index contributed by atoms with van der Waals surface area (Å²) in [6.07, 6.45) is 5.38. The zero-order valence-electron chi connectivity index (χ0n) is 8.64. The van der Waals surface area contributed by atoms with Gasteiger partial charge in [-0.25, -0.2) is 0 Å². The Morgan fingerprint density at radius 3 is 3.00 bits per heavy atom. The highest BCUT2D eigenvalue weighted by atomic mass is 14.2. The minimum absolute atomic E-state index is 0.837. The van der Waals surface area contributed by atoms with Crippen LogP contribution < -0.4 is 0 Å². The molecule has 1 aliphatic rings. The van der Waals surface area contributed by atoms with E-state index in [9.17, 15) is 0 Å². The maximum absolute atomic E-state index is 2.39. The van der Waals surface area contributed by atoms with E-state index >= 15 is 0 Å². The summed E-state index contributed by atoms with van der Waals surface area (Å²) in [5, 5.41) is 0. The summed E-state index contributed by atoms with van der Waals surface area (Å²) in [7, 11) is 0. The molecule has 13 heavy (non-hydrogen) atoms. The van der Waals surface area contributed by atoms with Gasteiger partial charge in [0, 0.05) is 0 Å². The van der Waals surface area contributed by atoms with E-state index in [1.165, 1.54) is 31.2 Å². The summed E-state index contributed by atoms with van der Waals surface area (Å²) in [4.78, 5) is 0. The first kappa shape index (κ1) is 8.80. The van der Waals surface area contributed by atoms with Crippen LogP contribution in [0.4, 0.5) is 0 Å². The molecule has 2 rings (SSSR count). The van der Waals surface area contributed by atoms with Crippen molar-refractivity contribution in [1.29, 1.82) is 0 Å². The minimum Gasteiger partial charge on any atom is -0.0648 e. The Kier molecular flexibility index (Phi) is 2.39. The number of hydrogen-bond acceptors (Lipinski definition) is 0. The summed E-state index contributed by atoms with van der Waals surface area (Å²) < 4.78 is 0. The first-order chi connectivity index (χ1) is 6.31. The zero-order valence-corrected chi connectivity index (χ0v) is 8.64. The topological polar surface area (TPSA) is 0 Å². The molecule has 0 spiro atoms. The number of benzene rings is 1. The van der Waals surface area contributed by atoms with Crippen molar-refractivity contribution < 1.29 is 0 Å². The van der Waals surface area contributed by atoms with Crippen LogP contribution in [0.2, 0.25) is 0 Å². The molecular formula is C13H18. The van der Waals surface area contributed by atoms with Gasteiger partial charge in [0.1, 0.15) is 0 Å². The Balaban J connectivity index is 2.41.